The Kier molecular flexibility index (Phi) is 7.57. The Morgan fingerprint density at radius 3 is 1.56 bits per heavy atom. The SMILES string of the molecule is N#Cc1ccc(-c2nc3cc(C#N)c4c5ccccc5nc(-c5cccc(-c6cc(C#N)cc(C#N)c6)c5)c4c3nc2-c2ccc(C#N)cc2)cc1. The van der Waals surface area contributed by atoms with Crippen LogP contribution in [0.2, 0.25) is 0 Å². The summed E-state index contributed by atoms with van der Waals surface area (Å²) in [5.41, 5.74) is 9.24. The monoisotopic (exact) mass is 660 g/mol. The molecule has 8 nitrogen and oxygen atoms in total. The molecule has 0 N–H and O–H groups in total. The minimum atomic E-state index is 0.377. The fourth-order valence-corrected chi connectivity index (χ4v) is 6.54. The van der Waals surface area contributed by atoms with Gasteiger partial charge in [0.2, 0.25) is 0 Å². The number of hydrogen-bond acceptors (Lipinski definition) is 8. The zero-order chi connectivity index (χ0) is 35.8. The summed E-state index contributed by atoms with van der Waals surface area (Å²) in [6, 6.07) is 47.4. The van der Waals surface area contributed by atoms with Crippen LogP contribution in [0.15, 0.2) is 121 Å². The van der Waals surface area contributed by atoms with Crippen molar-refractivity contribution in [3.05, 3.63) is 149 Å². The van der Waals surface area contributed by atoms with Gasteiger partial charge in [-0.1, -0.05) is 60.7 Å². The molecule has 52 heavy (non-hydrogen) atoms. The maximum absolute atomic E-state index is 10.6. The Morgan fingerprint density at radius 1 is 0.365 bits per heavy atom. The van der Waals surface area contributed by atoms with Gasteiger partial charge in [-0.25, -0.2) is 15.0 Å². The number of hydrogen-bond donors (Lipinski definition) is 0. The smallest absolute Gasteiger partial charge is 0.0999 e. The van der Waals surface area contributed by atoms with Gasteiger partial charge in [0, 0.05) is 32.8 Å². The zero-order valence-corrected chi connectivity index (χ0v) is 27.1. The van der Waals surface area contributed by atoms with E-state index in [-0.39, 0.29) is 0 Å². The van der Waals surface area contributed by atoms with Gasteiger partial charge in [-0.15, -0.1) is 0 Å². The van der Waals surface area contributed by atoms with Crippen LogP contribution >= 0.6 is 0 Å². The lowest BCUT2D eigenvalue weighted by Gasteiger charge is -2.16. The summed E-state index contributed by atoms with van der Waals surface area (Å²) in [5.74, 6) is 0. The van der Waals surface area contributed by atoms with Crippen LogP contribution < -0.4 is 0 Å². The molecule has 236 valence electrons. The summed E-state index contributed by atoms with van der Waals surface area (Å²) in [6.45, 7) is 0. The summed E-state index contributed by atoms with van der Waals surface area (Å²) in [7, 11) is 0. The van der Waals surface area contributed by atoms with Crippen LogP contribution in [0.25, 0.3) is 77.6 Å². The first-order valence-electron chi connectivity index (χ1n) is 16.1. The first-order valence-corrected chi connectivity index (χ1v) is 16.1. The van der Waals surface area contributed by atoms with Crippen LogP contribution in [0.5, 0.6) is 0 Å². The normalized spacial score (nSPS) is 10.6. The van der Waals surface area contributed by atoms with Gasteiger partial charge in [-0.05, 0) is 71.8 Å². The lowest BCUT2D eigenvalue weighted by Crippen LogP contribution is -2.00. The highest BCUT2D eigenvalue weighted by Gasteiger charge is 2.22. The van der Waals surface area contributed by atoms with Crippen LogP contribution in [-0.2, 0) is 0 Å². The van der Waals surface area contributed by atoms with Gasteiger partial charge in [0.15, 0.2) is 0 Å². The number of nitriles is 5. The lowest BCUT2D eigenvalue weighted by atomic mass is 9.93. The Bertz CT molecular complexity index is 2970. The molecule has 0 radical (unpaired) electrons. The first kappa shape index (κ1) is 31.1. The fraction of sp³-hybridized carbons (Fsp3) is 0. The van der Waals surface area contributed by atoms with E-state index in [4.69, 9.17) is 15.0 Å². The molecular formula is C44H20N8. The topological polar surface area (TPSA) is 158 Å². The van der Waals surface area contributed by atoms with E-state index >= 15 is 0 Å². The number of para-hydroxylation sites is 1. The summed E-state index contributed by atoms with van der Waals surface area (Å²) in [5, 5.41) is 50.9. The fourth-order valence-electron chi connectivity index (χ4n) is 6.54. The quantitative estimate of drug-likeness (QED) is 0.169. The number of nitrogens with zero attached hydrogens (tertiary/aromatic N) is 8. The van der Waals surface area contributed by atoms with Gasteiger partial charge in [0.25, 0.3) is 0 Å². The Hall–Kier alpha value is -8.22. The molecule has 0 unspecified atom stereocenters. The van der Waals surface area contributed by atoms with Crippen molar-refractivity contribution in [2.24, 2.45) is 0 Å². The Labute approximate surface area is 297 Å². The van der Waals surface area contributed by atoms with Gasteiger partial charge in [0.1, 0.15) is 0 Å². The van der Waals surface area contributed by atoms with E-state index in [1.807, 2.05) is 72.8 Å². The minimum Gasteiger partial charge on any atom is -0.247 e. The van der Waals surface area contributed by atoms with Crippen molar-refractivity contribution in [2.75, 3.05) is 0 Å². The summed E-state index contributed by atoms with van der Waals surface area (Å²) >= 11 is 0. The molecule has 0 saturated heterocycles. The predicted molar refractivity (Wildman–Crippen MR) is 198 cm³/mol. The van der Waals surface area contributed by atoms with E-state index in [1.165, 1.54) is 0 Å². The number of benzene rings is 6. The third-order valence-corrected chi connectivity index (χ3v) is 8.96. The molecule has 2 aromatic heterocycles. The van der Waals surface area contributed by atoms with E-state index < -0.39 is 0 Å². The van der Waals surface area contributed by atoms with Crippen LogP contribution in [0.4, 0.5) is 0 Å². The molecule has 0 saturated carbocycles. The van der Waals surface area contributed by atoms with Crippen molar-refractivity contribution in [2.45, 2.75) is 0 Å². The van der Waals surface area contributed by atoms with Crippen molar-refractivity contribution in [1.82, 2.24) is 15.0 Å². The summed E-state index contributed by atoms with van der Waals surface area (Å²) in [6.07, 6.45) is 0. The molecule has 0 aliphatic heterocycles. The number of fused-ring (bicyclic) bond motifs is 5. The largest absolute Gasteiger partial charge is 0.247 e. The van der Waals surface area contributed by atoms with Crippen LogP contribution in [0, 0.1) is 56.7 Å². The maximum atomic E-state index is 10.6. The van der Waals surface area contributed by atoms with Crippen LogP contribution in [-0.4, -0.2) is 15.0 Å². The van der Waals surface area contributed by atoms with Crippen molar-refractivity contribution in [3.8, 4) is 75.2 Å². The van der Waals surface area contributed by atoms with Crippen LogP contribution in [0.3, 0.4) is 0 Å². The van der Waals surface area contributed by atoms with Gasteiger partial charge in [-0.3, -0.25) is 0 Å². The highest BCUT2D eigenvalue weighted by atomic mass is 14.8. The number of pyridine rings is 1. The Morgan fingerprint density at radius 2 is 0.942 bits per heavy atom. The molecule has 8 aromatic rings. The zero-order valence-electron chi connectivity index (χ0n) is 27.1. The molecule has 0 spiro atoms. The van der Waals surface area contributed by atoms with Gasteiger partial charge in [0.05, 0.1) is 91.8 Å². The molecule has 0 bridgehead atoms. The van der Waals surface area contributed by atoms with Gasteiger partial charge >= 0.3 is 0 Å². The second-order valence-corrected chi connectivity index (χ2v) is 12.0. The van der Waals surface area contributed by atoms with Gasteiger partial charge in [-0.2, -0.15) is 26.3 Å². The van der Waals surface area contributed by atoms with E-state index in [0.717, 1.165) is 27.6 Å². The van der Waals surface area contributed by atoms with Crippen molar-refractivity contribution in [3.63, 3.8) is 0 Å². The predicted octanol–water partition coefficient (Wildman–Crippen LogP) is 9.36. The van der Waals surface area contributed by atoms with E-state index in [1.54, 1.807) is 48.5 Å². The summed E-state index contributed by atoms with van der Waals surface area (Å²) in [4.78, 5) is 15.6. The van der Waals surface area contributed by atoms with Crippen molar-refractivity contribution < 1.29 is 0 Å². The van der Waals surface area contributed by atoms with E-state index in [0.29, 0.717) is 77.8 Å². The average Bonchev–Trinajstić information content (AvgIpc) is 3.22. The summed E-state index contributed by atoms with van der Waals surface area (Å²) < 4.78 is 0. The molecule has 0 atom stereocenters. The number of rotatable bonds is 4. The standard InChI is InChI=1S/C44H20N8/c45-21-26-8-12-30(13-9-26)42-43(31-14-10-27(22-46)11-15-31)52-44-38(51-42)20-35(25-49)39-36-6-1-2-7-37(36)50-41(40(39)44)33-5-3-4-32(19-33)34-17-28(23-47)16-29(18-34)24-48/h1-20H. The van der Waals surface area contributed by atoms with Crippen molar-refractivity contribution in [1.29, 1.82) is 26.3 Å². The molecular weight excluding hydrogens is 641 g/mol. The maximum Gasteiger partial charge on any atom is 0.0999 e. The first-order chi connectivity index (χ1) is 25.5. The second kappa shape index (κ2) is 12.7. The van der Waals surface area contributed by atoms with Crippen LogP contribution in [0.1, 0.15) is 27.8 Å². The molecule has 0 amide bonds. The van der Waals surface area contributed by atoms with Crippen molar-refractivity contribution >= 4 is 32.7 Å². The number of aromatic nitrogens is 3. The molecule has 0 aliphatic rings. The molecule has 0 fully saturated rings. The minimum absolute atomic E-state index is 0.377. The lowest BCUT2D eigenvalue weighted by molar-refractivity contribution is 1.29. The molecule has 2 heterocycles. The highest BCUT2D eigenvalue weighted by molar-refractivity contribution is 6.22. The Balaban J connectivity index is 1.49. The second-order valence-electron chi connectivity index (χ2n) is 12.0. The molecule has 8 heteroatoms. The third-order valence-electron chi connectivity index (χ3n) is 8.96. The third kappa shape index (κ3) is 5.27. The average molecular weight is 661 g/mol. The highest BCUT2D eigenvalue weighted by Crippen LogP contribution is 2.41. The van der Waals surface area contributed by atoms with E-state index in [2.05, 4.69) is 30.3 Å². The molecule has 8 rings (SSSR count). The molecule has 6 aromatic carbocycles. The van der Waals surface area contributed by atoms with Gasteiger partial charge < -0.3 is 0 Å². The van der Waals surface area contributed by atoms with E-state index in [9.17, 15) is 26.3 Å². The molecule has 0 aliphatic carbocycles.